The van der Waals surface area contributed by atoms with E-state index in [4.69, 9.17) is 5.11 Å². The highest BCUT2D eigenvalue weighted by atomic mass is 32.1. The summed E-state index contributed by atoms with van der Waals surface area (Å²) in [7, 11) is 0. The topological polar surface area (TPSA) is 57.6 Å². The minimum absolute atomic E-state index is 0.235. The molecule has 2 aliphatic rings. The number of rotatable bonds is 3. The summed E-state index contributed by atoms with van der Waals surface area (Å²) in [5.41, 5.74) is -0.345. The summed E-state index contributed by atoms with van der Waals surface area (Å²) in [6.45, 7) is 1.17. The van der Waals surface area contributed by atoms with E-state index in [1.165, 1.54) is 11.3 Å². The lowest BCUT2D eigenvalue weighted by molar-refractivity contribution is -0.147. The second kappa shape index (κ2) is 6.41. The number of carbonyl (C=O) groups is 2. The highest BCUT2D eigenvalue weighted by Gasteiger charge is 2.45. The molecule has 22 heavy (non-hydrogen) atoms. The van der Waals surface area contributed by atoms with E-state index in [0.717, 1.165) is 25.7 Å². The van der Waals surface area contributed by atoms with Crippen LogP contribution >= 0.6 is 11.3 Å². The van der Waals surface area contributed by atoms with E-state index in [1.807, 2.05) is 11.0 Å². The van der Waals surface area contributed by atoms with Crippen LogP contribution in [0.1, 0.15) is 49.8 Å². The van der Waals surface area contributed by atoms with Crippen molar-refractivity contribution in [2.75, 3.05) is 13.1 Å². The van der Waals surface area contributed by atoms with Gasteiger partial charge in [-0.1, -0.05) is 25.3 Å². The Bertz CT molecular complexity index is 526. The highest BCUT2D eigenvalue weighted by molar-refractivity contribution is 7.10. The summed E-state index contributed by atoms with van der Waals surface area (Å²) in [6.07, 6.45) is 6.46. The Hall–Kier alpha value is -1.36. The number of carboxylic acids is 1. The van der Waals surface area contributed by atoms with Crippen molar-refractivity contribution in [2.24, 2.45) is 5.92 Å². The van der Waals surface area contributed by atoms with Crippen molar-refractivity contribution in [1.29, 1.82) is 0 Å². The SMILES string of the molecule is O=C(O)C1CCN(C(=O)C2(c3cccs3)CCCCC2)CC1. The van der Waals surface area contributed by atoms with E-state index in [2.05, 4.69) is 11.4 Å². The number of nitrogens with zero attached hydrogens (tertiary/aromatic N) is 1. The fourth-order valence-electron chi connectivity index (χ4n) is 3.90. The van der Waals surface area contributed by atoms with Crippen LogP contribution in [-0.2, 0) is 15.0 Å². The summed E-state index contributed by atoms with van der Waals surface area (Å²) < 4.78 is 0. The van der Waals surface area contributed by atoms with Gasteiger partial charge < -0.3 is 10.0 Å². The molecule has 0 bridgehead atoms. The predicted octanol–water partition coefficient (Wildman–Crippen LogP) is 3.27. The van der Waals surface area contributed by atoms with Gasteiger partial charge >= 0.3 is 5.97 Å². The van der Waals surface area contributed by atoms with E-state index < -0.39 is 5.97 Å². The van der Waals surface area contributed by atoms with Gasteiger partial charge in [-0.15, -0.1) is 11.3 Å². The maximum atomic E-state index is 13.2. The maximum absolute atomic E-state index is 13.2. The molecule has 0 radical (unpaired) electrons. The van der Waals surface area contributed by atoms with E-state index in [9.17, 15) is 9.59 Å². The Labute approximate surface area is 135 Å². The number of piperidine rings is 1. The molecule has 1 amide bonds. The van der Waals surface area contributed by atoms with Gasteiger partial charge in [0.05, 0.1) is 11.3 Å². The molecule has 2 heterocycles. The zero-order valence-electron chi connectivity index (χ0n) is 12.8. The van der Waals surface area contributed by atoms with Gasteiger partial charge in [0, 0.05) is 18.0 Å². The fraction of sp³-hybridized carbons (Fsp3) is 0.647. The van der Waals surface area contributed by atoms with Gasteiger partial charge in [-0.2, -0.15) is 0 Å². The van der Waals surface area contributed by atoms with E-state index in [-0.39, 0.29) is 17.2 Å². The zero-order chi connectivity index (χ0) is 15.6. The van der Waals surface area contributed by atoms with E-state index in [0.29, 0.717) is 25.9 Å². The summed E-state index contributed by atoms with van der Waals surface area (Å²) in [5, 5.41) is 11.2. The number of carbonyl (C=O) groups excluding carboxylic acids is 1. The Balaban J connectivity index is 1.78. The predicted molar refractivity (Wildman–Crippen MR) is 86.0 cm³/mol. The Morgan fingerprint density at radius 2 is 1.86 bits per heavy atom. The second-order valence-electron chi connectivity index (χ2n) is 6.52. The van der Waals surface area contributed by atoms with Gasteiger partial charge in [-0.3, -0.25) is 9.59 Å². The van der Waals surface area contributed by atoms with Gasteiger partial charge in [0.2, 0.25) is 5.91 Å². The van der Waals surface area contributed by atoms with Crippen molar-refractivity contribution >= 4 is 23.2 Å². The lowest BCUT2D eigenvalue weighted by Gasteiger charge is -2.41. The Morgan fingerprint density at radius 3 is 2.41 bits per heavy atom. The quantitative estimate of drug-likeness (QED) is 0.929. The van der Waals surface area contributed by atoms with Crippen molar-refractivity contribution in [3.8, 4) is 0 Å². The molecule has 1 aromatic rings. The number of carboxylic acid groups (broad SMARTS) is 1. The van der Waals surface area contributed by atoms with Crippen LogP contribution in [-0.4, -0.2) is 35.0 Å². The van der Waals surface area contributed by atoms with E-state index in [1.54, 1.807) is 11.3 Å². The first-order valence-electron chi connectivity index (χ1n) is 8.20. The van der Waals surface area contributed by atoms with Crippen molar-refractivity contribution in [1.82, 2.24) is 4.90 Å². The smallest absolute Gasteiger partial charge is 0.306 e. The summed E-state index contributed by atoms with van der Waals surface area (Å²) in [4.78, 5) is 27.4. The third kappa shape index (κ3) is 2.78. The van der Waals surface area contributed by atoms with Gasteiger partial charge in [-0.05, 0) is 37.1 Å². The molecule has 1 aliphatic heterocycles. The van der Waals surface area contributed by atoms with Crippen LogP contribution in [0.25, 0.3) is 0 Å². The molecule has 1 aromatic heterocycles. The average molecular weight is 321 g/mol. The Kier molecular flexibility index (Phi) is 4.52. The molecule has 0 atom stereocenters. The molecule has 5 heteroatoms. The van der Waals surface area contributed by atoms with Crippen LogP contribution in [0, 0.1) is 5.92 Å². The molecule has 1 N–H and O–H groups in total. The van der Waals surface area contributed by atoms with Crippen LogP contribution in [0.5, 0.6) is 0 Å². The third-order valence-electron chi connectivity index (χ3n) is 5.24. The minimum atomic E-state index is -0.724. The molecular formula is C17H23NO3S. The molecule has 120 valence electrons. The van der Waals surface area contributed by atoms with Crippen molar-refractivity contribution in [3.05, 3.63) is 22.4 Å². The number of thiophene rings is 1. The van der Waals surface area contributed by atoms with Crippen molar-refractivity contribution in [2.45, 2.75) is 50.4 Å². The summed E-state index contributed by atoms with van der Waals surface area (Å²) in [5.74, 6) is -0.774. The molecule has 4 nitrogen and oxygen atoms in total. The second-order valence-corrected chi connectivity index (χ2v) is 7.47. The third-order valence-corrected chi connectivity index (χ3v) is 6.31. The van der Waals surface area contributed by atoms with Gasteiger partial charge in [0.1, 0.15) is 0 Å². The van der Waals surface area contributed by atoms with Crippen LogP contribution in [0.15, 0.2) is 17.5 Å². The summed E-state index contributed by atoms with van der Waals surface area (Å²) in [6, 6.07) is 4.12. The molecule has 0 unspecified atom stereocenters. The van der Waals surface area contributed by atoms with Crippen molar-refractivity contribution in [3.63, 3.8) is 0 Å². The zero-order valence-corrected chi connectivity index (χ0v) is 13.6. The Morgan fingerprint density at radius 1 is 1.18 bits per heavy atom. The monoisotopic (exact) mass is 321 g/mol. The maximum Gasteiger partial charge on any atom is 0.306 e. The molecule has 1 saturated heterocycles. The fourth-order valence-corrected chi connectivity index (χ4v) is 4.88. The number of hydrogen-bond acceptors (Lipinski definition) is 3. The molecule has 1 saturated carbocycles. The molecule has 1 aliphatic carbocycles. The van der Waals surface area contributed by atoms with Crippen LogP contribution in [0.3, 0.4) is 0 Å². The molecule has 0 spiro atoms. The lowest BCUT2D eigenvalue weighted by Crippen LogP contribution is -2.50. The molecular weight excluding hydrogens is 298 g/mol. The number of aliphatic carboxylic acids is 1. The van der Waals surface area contributed by atoms with Gasteiger partial charge in [0.15, 0.2) is 0 Å². The first-order valence-corrected chi connectivity index (χ1v) is 9.08. The average Bonchev–Trinajstić information content (AvgIpc) is 3.10. The van der Waals surface area contributed by atoms with Crippen LogP contribution in [0.4, 0.5) is 0 Å². The van der Waals surface area contributed by atoms with Gasteiger partial charge in [0.25, 0.3) is 0 Å². The molecule has 3 rings (SSSR count). The normalized spacial score (nSPS) is 22.5. The number of hydrogen-bond donors (Lipinski definition) is 1. The first kappa shape index (κ1) is 15.5. The van der Waals surface area contributed by atoms with Crippen molar-refractivity contribution < 1.29 is 14.7 Å². The standard InChI is InChI=1S/C17H23NO3S/c19-15(20)13-6-10-18(11-7-13)16(21)17(8-2-1-3-9-17)14-5-4-12-22-14/h4-5,12-13H,1-3,6-11H2,(H,19,20). The minimum Gasteiger partial charge on any atom is -0.481 e. The van der Waals surface area contributed by atoms with Crippen LogP contribution < -0.4 is 0 Å². The lowest BCUT2D eigenvalue weighted by atomic mass is 9.71. The number of likely N-dealkylation sites (tertiary alicyclic amines) is 1. The largest absolute Gasteiger partial charge is 0.481 e. The molecule has 0 aromatic carbocycles. The summed E-state index contributed by atoms with van der Waals surface area (Å²) >= 11 is 1.68. The first-order chi connectivity index (χ1) is 10.6. The molecule has 2 fully saturated rings. The number of amides is 1. The van der Waals surface area contributed by atoms with E-state index >= 15 is 0 Å². The highest BCUT2D eigenvalue weighted by Crippen LogP contribution is 2.43. The van der Waals surface area contributed by atoms with Crippen LogP contribution in [0.2, 0.25) is 0 Å². The van der Waals surface area contributed by atoms with Gasteiger partial charge in [-0.25, -0.2) is 0 Å².